The lowest BCUT2D eigenvalue weighted by Gasteiger charge is -2.10. The van der Waals surface area contributed by atoms with Gasteiger partial charge in [-0.05, 0) is 53.6 Å². The first-order chi connectivity index (χ1) is 16.7. The maximum Gasteiger partial charge on any atom is 0.269 e. The third-order valence-corrected chi connectivity index (χ3v) is 5.83. The molecule has 6 nitrogen and oxygen atoms in total. The lowest BCUT2D eigenvalue weighted by molar-refractivity contribution is 0.0947. The Hall–Kier alpha value is -3.93. The van der Waals surface area contributed by atoms with Crippen LogP contribution in [0.5, 0.6) is 5.88 Å². The van der Waals surface area contributed by atoms with Crippen LogP contribution < -0.4 is 10.1 Å². The van der Waals surface area contributed by atoms with Crippen LogP contribution in [-0.4, -0.2) is 34.1 Å². The molecule has 0 radical (unpaired) electrons. The fourth-order valence-electron chi connectivity index (χ4n) is 3.82. The summed E-state index contributed by atoms with van der Waals surface area (Å²) in [6, 6.07) is 20.7. The smallest absolute Gasteiger partial charge is 0.269 e. The van der Waals surface area contributed by atoms with E-state index in [0.717, 1.165) is 23.2 Å². The largest absolute Gasteiger partial charge is 0.481 e. The first kappa shape index (κ1) is 23.2. The Kier molecular flexibility index (Phi) is 7.71. The number of hydrogen-bond acceptors (Lipinski definition) is 4. The van der Waals surface area contributed by atoms with Gasteiger partial charge in [0.1, 0.15) is 5.69 Å². The number of pyridine rings is 1. The van der Waals surface area contributed by atoms with Crippen LogP contribution in [0, 0.1) is 0 Å². The SMILES string of the molecule is CCCCc1ccc(-c2ccc(-n3cncc3C(=O)NCCc3ccc(OC)nc3)cc2)cc1. The minimum atomic E-state index is -0.161. The molecule has 0 atom stereocenters. The highest BCUT2D eigenvalue weighted by atomic mass is 16.5. The molecule has 2 heterocycles. The van der Waals surface area contributed by atoms with Gasteiger partial charge in [-0.25, -0.2) is 9.97 Å². The van der Waals surface area contributed by atoms with Crippen LogP contribution in [0.2, 0.25) is 0 Å². The number of imidazole rings is 1. The van der Waals surface area contributed by atoms with Crippen LogP contribution in [0.1, 0.15) is 41.4 Å². The molecule has 0 aliphatic rings. The van der Waals surface area contributed by atoms with Crippen molar-refractivity contribution in [2.24, 2.45) is 0 Å². The summed E-state index contributed by atoms with van der Waals surface area (Å²) < 4.78 is 6.88. The van der Waals surface area contributed by atoms with Gasteiger partial charge in [-0.3, -0.25) is 9.36 Å². The van der Waals surface area contributed by atoms with Gasteiger partial charge in [0, 0.05) is 24.5 Å². The molecule has 1 amide bonds. The number of carbonyl (C=O) groups is 1. The molecule has 2 aromatic heterocycles. The second kappa shape index (κ2) is 11.3. The van der Waals surface area contributed by atoms with Crippen LogP contribution in [0.15, 0.2) is 79.4 Å². The first-order valence-electron chi connectivity index (χ1n) is 11.7. The van der Waals surface area contributed by atoms with Gasteiger partial charge in [-0.2, -0.15) is 0 Å². The number of nitrogens with zero attached hydrogens (tertiary/aromatic N) is 3. The van der Waals surface area contributed by atoms with Crippen molar-refractivity contribution in [1.82, 2.24) is 19.9 Å². The van der Waals surface area contributed by atoms with Gasteiger partial charge in [0.2, 0.25) is 5.88 Å². The number of benzene rings is 2. The number of rotatable bonds is 10. The fraction of sp³-hybridized carbons (Fsp3) is 0.250. The second-order valence-electron chi connectivity index (χ2n) is 8.21. The summed E-state index contributed by atoms with van der Waals surface area (Å²) in [5.74, 6) is 0.414. The van der Waals surface area contributed by atoms with E-state index in [2.05, 4.69) is 58.6 Å². The Morgan fingerprint density at radius 2 is 1.62 bits per heavy atom. The van der Waals surface area contributed by atoms with Crippen molar-refractivity contribution in [3.63, 3.8) is 0 Å². The zero-order chi connectivity index (χ0) is 23.8. The number of amides is 1. The lowest BCUT2D eigenvalue weighted by atomic mass is 10.0. The molecule has 0 aliphatic heterocycles. The standard InChI is InChI=1S/C28H30N4O2/c1-3-4-5-21-6-9-23(10-7-21)24-11-13-25(14-12-24)32-20-29-19-26(32)28(33)30-17-16-22-8-15-27(34-2)31-18-22/h6-15,18-20H,3-5,16-17H2,1-2H3,(H,30,33). The molecular formula is C28H30N4O2. The fourth-order valence-corrected chi connectivity index (χ4v) is 3.82. The van der Waals surface area contributed by atoms with Gasteiger partial charge in [0.15, 0.2) is 0 Å². The highest BCUT2D eigenvalue weighted by molar-refractivity contribution is 5.93. The van der Waals surface area contributed by atoms with Crippen molar-refractivity contribution in [3.8, 4) is 22.7 Å². The van der Waals surface area contributed by atoms with Crippen molar-refractivity contribution < 1.29 is 9.53 Å². The normalized spacial score (nSPS) is 10.8. The molecular weight excluding hydrogens is 424 g/mol. The number of aromatic nitrogens is 3. The van der Waals surface area contributed by atoms with Gasteiger partial charge < -0.3 is 10.1 Å². The van der Waals surface area contributed by atoms with Crippen LogP contribution in [0.25, 0.3) is 16.8 Å². The predicted octanol–water partition coefficient (Wildman–Crippen LogP) is 5.26. The average molecular weight is 455 g/mol. The zero-order valence-electron chi connectivity index (χ0n) is 19.7. The van der Waals surface area contributed by atoms with E-state index in [9.17, 15) is 4.79 Å². The van der Waals surface area contributed by atoms with Gasteiger partial charge in [0.25, 0.3) is 5.91 Å². The molecule has 0 saturated carbocycles. The van der Waals surface area contributed by atoms with E-state index in [1.165, 1.54) is 24.0 Å². The van der Waals surface area contributed by atoms with E-state index in [4.69, 9.17) is 4.74 Å². The van der Waals surface area contributed by atoms with Crippen molar-refractivity contribution in [2.75, 3.05) is 13.7 Å². The Balaban J connectivity index is 1.38. The van der Waals surface area contributed by atoms with E-state index < -0.39 is 0 Å². The number of nitrogens with one attached hydrogen (secondary N) is 1. The lowest BCUT2D eigenvalue weighted by Crippen LogP contribution is -2.27. The third-order valence-electron chi connectivity index (χ3n) is 5.83. The number of hydrogen-bond donors (Lipinski definition) is 1. The summed E-state index contributed by atoms with van der Waals surface area (Å²) in [4.78, 5) is 21.2. The Morgan fingerprint density at radius 3 is 2.26 bits per heavy atom. The number of ether oxygens (including phenoxy) is 1. The van der Waals surface area contributed by atoms with E-state index in [0.29, 0.717) is 24.5 Å². The molecule has 34 heavy (non-hydrogen) atoms. The Morgan fingerprint density at radius 1 is 0.912 bits per heavy atom. The maximum absolute atomic E-state index is 12.8. The molecule has 4 aromatic rings. The van der Waals surface area contributed by atoms with E-state index >= 15 is 0 Å². The summed E-state index contributed by atoms with van der Waals surface area (Å²) in [7, 11) is 1.59. The van der Waals surface area contributed by atoms with Gasteiger partial charge in [-0.1, -0.05) is 55.8 Å². The van der Waals surface area contributed by atoms with Crippen LogP contribution in [0.4, 0.5) is 0 Å². The molecule has 1 N–H and O–H groups in total. The molecule has 0 bridgehead atoms. The van der Waals surface area contributed by atoms with E-state index in [1.807, 2.05) is 28.8 Å². The van der Waals surface area contributed by atoms with Crippen LogP contribution in [-0.2, 0) is 12.8 Å². The number of carbonyl (C=O) groups excluding carboxylic acids is 1. The van der Waals surface area contributed by atoms with Gasteiger partial charge in [-0.15, -0.1) is 0 Å². The highest BCUT2D eigenvalue weighted by Crippen LogP contribution is 2.23. The maximum atomic E-state index is 12.8. The van der Waals surface area contributed by atoms with Gasteiger partial charge >= 0.3 is 0 Å². The molecule has 2 aromatic carbocycles. The Labute approximate surface area is 200 Å². The minimum Gasteiger partial charge on any atom is -0.481 e. The summed E-state index contributed by atoms with van der Waals surface area (Å²) in [5, 5.41) is 2.97. The summed E-state index contributed by atoms with van der Waals surface area (Å²) in [6.07, 6.45) is 9.24. The first-order valence-corrected chi connectivity index (χ1v) is 11.7. The van der Waals surface area contributed by atoms with Gasteiger partial charge in [0.05, 0.1) is 19.6 Å². The van der Waals surface area contributed by atoms with Crippen molar-refractivity contribution >= 4 is 5.91 Å². The molecule has 174 valence electrons. The number of methoxy groups -OCH3 is 1. The summed E-state index contributed by atoms with van der Waals surface area (Å²) in [6.45, 7) is 2.72. The van der Waals surface area contributed by atoms with Crippen molar-refractivity contribution in [1.29, 1.82) is 0 Å². The molecule has 0 saturated heterocycles. The summed E-state index contributed by atoms with van der Waals surface area (Å²) >= 11 is 0. The van der Waals surface area contributed by atoms with E-state index in [-0.39, 0.29) is 5.91 Å². The number of unbranched alkanes of at least 4 members (excludes halogenated alkanes) is 1. The molecule has 0 spiro atoms. The topological polar surface area (TPSA) is 69.0 Å². The van der Waals surface area contributed by atoms with Crippen molar-refractivity contribution in [3.05, 3.63) is 96.2 Å². The third kappa shape index (κ3) is 5.70. The predicted molar refractivity (Wildman–Crippen MR) is 134 cm³/mol. The zero-order valence-corrected chi connectivity index (χ0v) is 19.7. The monoisotopic (exact) mass is 454 g/mol. The Bertz CT molecular complexity index is 1200. The second-order valence-corrected chi connectivity index (χ2v) is 8.21. The highest BCUT2D eigenvalue weighted by Gasteiger charge is 2.13. The minimum absolute atomic E-state index is 0.161. The molecule has 6 heteroatoms. The molecule has 0 aliphatic carbocycles. The summed E-state index contributed by atoms with van der Waals surface area (Å²) in [5.41, 5.74) is 6.13. The molecule has 0 unspecified atom stereocenters. The number of aryl methyl sites for hydroxylation is 1. The van der Waals surface area contributed by atoms with Crippen LogP contribution in [0.3, 0.4) is 0 Å². The quantitative estimate of drug-likeness (QED) is 0.355. The van der Waals surface area contributed by atoms with Crippen LogP contribution >= 0.6 is 0 Å². The molecule has 4 rings (SSSR count). The molecule has 0 fully saturated rings. The average Bonchev–Trinajstić information content (AvgIpc) is 3.38. The van der Waals surface area contributed by atoms with Crippen molar-refractivity contribution in [2.45, 2.75) is 32.6 Å². The van der Waals surface area contributed by atoms with E-state index in [1.54, 1.807) is 25.8 Å².